The summed E-state index contributed by atoms with van der Waals surface area (Å²) in [6.07, 6.45) is 1.89. The summed E-state index contributed by atoms with van der Waals surface area (Å²) in [4.78, 5) is 10.7. The number of benzene rings is 4. The summed E-state index contributed by atoms with van der Waals surface area (Å²) < 4.78 is 8.96. The number of fused-ring (bicyclic) bond motifs is 6. The van der Waals surface area contributed by atoms with Crippen molar-refractivity contribution < 1.29 is 4.74 Å². The third-order valence-corrected chi connectivity index (χ3v) is 14.9. The van der Waals surface area contributed by atoms with Crippen molar-refractivity contribution in [3.05, 3.63) is 129 Å². The molecule has 3 heterocycles. The summed E-state index contributed by atoms with van der Waals surface area (Å²) >= 11 is 1.95. The van der Waals surface area contributed by atoms with Gasteiger partial charge < -0.3 is 4.74 Å². The smallest absolute Gasteiger partial charge is 0.145 e. The van der Waals surface area contributed by atoms with Crippen LogP contribution in [0, 0.1) is 20.8 Å². The normalized spacial score (nSPS) is 20.6. The molecule has 57 heavy (non-hydrogen) atoms. The molecule has 2 aliphatic rings. The maximum Gasteiger partial charge on any atom is 0.145 e. The lowest BCUT2D eigenvalue weighted by molar-refractivity contribution is 0.262. The van der Waals surface area contributed by atoms with Gasteiger partial charge in [-0.1, -0.05) is 112 Å². The third kappa shape index (κ3) is 6.00. The van der Waals surface area contributed by atoms with Gasteiger partial charge in [0, 0.05) is 34.0 Å². The van der Waals surface area contributed by atoms with E-state index in [1.807, 2.05) is 24.0 Å². The van der Waals surface area contributed by atoms with Crippen LogP contribution >= 0.6 is 11.8 Å². The maximum atomic E-state index is 6.92. The van der Waals surface area contributed by atoms with Crippen LogP contribution < -0.4 is 4.74 Å². The second-order valence-electron chi connectivity index (χ2n) is 20.9. The summed E-state index contributed by atoms with van der Waals surface area (Å²) in [6, 6.07) is 27.1. The zero-order valence-corrected chi connectivity index (χ0v) is 38.0. The first-order chi connectivity index (χ1) is 26.3. The standard InChI is InChI=1S/C52H61N3OS/c1-30-22-35(55-42-20-19-33(47(4,5)6)25-39(42)37-18-17-21-53-45(37)55)28-36(23-30)56-43-29-38(31(2)24-32(43)3)46-54-52(16)50(13,14)44-40(49(10,11)12)26-34(48(7,8)9)27-41(44)51(52,15)57-46/h17-29H,1-16H3/t51-,52+/m0/s1. The number of aliphatic imine (C=N–C) groups is 1. The summed E-state index contributed by atoms with van der Waals surface area (Å²) in [5, 5.41) is 3.46. The molecule has 1 aliphatic heterocycles. The molecule has 6 aromatic rings. The Morgan fingerprint density at radius 1 is 0.684 bits per heavy atom. The SMILES string of the molecule is Cc1cc(Oc2cc(C3=N[C@]4(C)C(C)(C)c5c(C(C)(C)C)cc(C(C)(C)C)cc5[C@]4(C)S3)c(C)cc2C)cc(-n2c3ccc(C(C)(C)C)cc3c3cccnc32)c1. The van der Waals surface area contributed by atoms with Gasteiger partial charge in [-0.25, -0.2) is 4.98 Å². The molecule has 0 N–H and O–H groups in total. The van der Waals surface area contributed by atoms with Crippen molar-refractivity contribution in [3.63, 3.8) is 0 Å². The zero-order chi connectivity index (χ0) is 41.4. The molecule has 0 saturated heterocycles. The largest absolute Gasteiger partial charge is 0.457 e. The average Bonchev–Trinajstić information content (AvgIpc) is 3.63. The number of thioether (sulfide) groups is 1. The van der Waals surface area contributed by atoms with Crippen LogP contribution in [0.5, 0.6) is 11.5 Å². The van der Waals surface area contributed by atoms with E-state index < -0.39 is 0 Å². The molecule has 296 valence electrons. The van der Waals surface area contributed by atoms with E-state index in [1.54, 1.807) is 0 Å². The number of hydrogen-bond donors (Lipinski definition) is 0. The molecular weight excluding hydrogens is 715 g/mol. The second-order valence-corrected chi connectivity index (χ2v) is 22.3. The Kier molecular flexibility index (Phi) is 8.71. The Balaban J connectivity index is 1.21. The van der Waals surface area contributed by atoms with Gasteiger partial charge in [-0.05, 0) is 138 Å². The number of pyridine rings is 1. The molecule has 4 nitrogen and oxygen atoms in total. The summed E-state index contributed by atoms with van der Waals surface area (Å²) in [5.74, 6) is 1.65. The number of aromatic nitrogens is 2. The van der Waals surface area contributed by atoms with E-state index in [4.69, 9.17) is 14.7 Å². The number of aryl methyl sites for hydroxylation is 3. The Hall–Kier alpha value is -4.35. The Labute approximate surface area is 345 Å². The van der Waals surface area contributed by atoms with Crippen molar-refractivity contribution in [2.24, 2.45) is 4.99 Å². The van der Waals surface area contributed by atoms with E-state index in [9.17, 15) is 0 Å². The highest BCUT2D eigenvalue weighted by atomic mass is 32.2. The molecule has 4 aromatic carbocycles. The number of hydrogen-bond acceptors (Lipinski definition) is 4. The highest BCUT2D eigenvalue weighted by Gasteiger charge is 2.67. The predicted molar refractivity (Wildman–Crippen MR) is 245 cm³/mol. The molecule has 0 saturated carbocycles. The van der Waals surface area contributed by atoms with Crippen molar-refractivity contribution in [1.82, 2.24) is 9.55 Å². The van der Waals surface area contributed by atoms with Crippen LogP contribution in [0.25, 0.3) is 27.6 Å². The van der Waals surface area contributed by atoms with E-state index in [-0.39, 0.29) is 31.9 Å². The van der Waals surface area contributed by atoms with Crippen molar-refractivity contribution in [2.75, 3.05) is 0 Å². The molecular formula is C52H61N3OS. The fraction of sp³-hybridized carbons (Fsp3) is 0.423. The van der Waals surface area contributed by atoms with Gasteiger partial charge in [-0.3, -0.25) is 9.56 Å². The molecule has 2 aromatic heterocycles. The van der Waals surface area contributed by atoms with E-state index in [0.29, 0.717) is 0 Å². The average molecular weight is 776 g/mol. The van der Waals surface area contributed by atoms with Crippen molar-refractivity contribution in [3.8, 4) is 17.2 Å². The quantitative estimate of drug-likeness (QED) is 0.179. The lowest BCUT2D eigenvalue weighted by atomic mass is 9.67. The zero-order valence-electron chi connectivity index (χ0n) is 37.2. The van der Waals surface area contributed by atoms with Crippen LogP contribution in [0.4, 0.5) is 0 Å². The Morgan fingerprint density at radius 2 is 1.39 bits per heavy atom. The number of ether oxygens (including phenoxy) is 1. The monoisotopic (exact) mass is 775 g/mol. The molecule has 5 heteroatoms. The highest BCUT2D eigenvalue weighted by Crippen LogP contribution is 2.68. The van der Waals surface area contributed by atoms with E-state index in [1.165, 1.54) is 38.8 Å². The molecule has 1 aliphatic carbocycles. The van der Waals surface area contributed by atoms with Crippen LogP contribution in [0.3, 0.4) is 0 Å². The Morgan fingerprint density at radius 3 is 2.05 bits per heavy atom. The molecule has 0 spiro atoms. The Bertz CT molecular complexity index is 2670. The molecule has 0 radical (unpaired) electrons. The molecule has 2 atom stereocenters. The summed E-state index contributed by atoms with van der Waals surface area (Å²) in [6.45, 7) is 37.1. The van der Waals surface area contributed by atoms with Crippen LogP contribution in [-0.4, -0.2) is 20.1 Å². The number of rotatable bonds is 4. The molecule has 8 rings (SSSR count). The number of nitrogens with zero attached hydrogens (tertiary/aromatic N) is 3. The van der Waals surface area contributed by atoms with Gasteiger partial charge in [-0.15, -0.1) is 0 Å². The van der Waals surface area contributed by atoms with Crippen molar-refractivity contribution >= 4 is 38.7 Å². The molecule has 0 fully saturated rings. The predicted octanol–water partition coefficient (Wildman–Crippen LogP) is 14.2. The highest BCUT2D eigenvalue weighted by molar-refractivity contribution is 8.15. The maximum absolute atomic E-state index is 6.92. The third-order valence-electron chi connectivity index (χ3n) is 13.4. The fourth-order valence-corrected chi connectivity index (χ4v) is 11.3. The van der Waals surface area contributed by atoms with Crippen LogP contribution in [0.1, 0.15) is 140 Å². The van der Waals surface area contributed by atoms with Crippen LogP contribution in [0.2, 0.25) is 0 Å². The topological polar surface area (TPSA) is 39.4 Å². The lowest BCUT2D eigenvalue weighted by Gasteiger charge is -2.41. The summed E-state index contributed by atoms with van der Waals surface area (Å²) in [7, 11) is 0. The molecule has 0 unspecified atom stereocenters. The first-order valence-corrected chi connectivity index (χ1v) is 21.5. The van der Waals surface area contributed by atoms with Crippen LogP contribution in [0.15, 0.2) is 84.0 Å². The summed E-state index contributed by atoms with van der Waals surface area (Å²) in [5.41, 5.74) is 14.3. The van der Waals surface area contributed by atoms with Gasteiger partial charge in [-0.2, -0.15) is 0 Å². The van der Waals surface area contributed by atoms with Gasteiger partial charge in [0.1, 0.15) is 17.1 Å². The molecule has 0 bridgehead atoms. The van der Waals surface area contributed by atoms with E-state index >= 15 is 0 Å². The van der Waals surface area contributed by atoms with Gasteiger partial charge in [0.15, 0.2) is 0 Å². The molecule has 0 amide bonds. The first-order valence-electron chi connectivity index (χ1n) is 20.7. The fourth-order valence-electron chi connectivity index (χ4n) is 9.54. The van der Waals surface area contributed by atoms with Gasteiger partial charge in [0.2, 0.25) is 0 Å². The van der Waals surface area contributed by atoms with Gasteiger partial charge in [0.25, 0.3) is 0 Å². The minimum atomic E-state index is -0.355. The minimum Gasteiger partial charge on any atom is -0.457 e. The van der Waals surface area contributed by atoms with Crippen molar-refractivity contribution in [2.45, 2.75) is 143 Å². The van der Waals surface area contributed by atoms with Crippen molar-refractivity contribution in [1.29, 1.82) is 0 Å². The minimum absolute atomic E-state index is 0.00840. The van der Waals surface area contributed by atoms with E-state index in [2.05, 4.69) is 182 Å². The lowest BCUT2D eigenvalue weighted by Crippen LogP contribution is -2.48. The van der Waals surface area contributed by atoms with E-state index in [0.717, 1.165) is 55.5 Å². The van der Waals surface area contributed by atoms with Gasteiger partial charge >= 0.3 is 0 Å². The van der Waals surface area contributed by atoms with Crippen LogP contribution in [-0.2, 0) is 26.4 Å². The first kappa shape index (κ1) is 39.5. The second kappa shape index (κ2) is 12.6. The van der Waals surface area contributed by atoms with Gasteiger partial charge in [0.05, 0.1) is 26.5 Å².